The first-order valence-electron chi connectivity index (χ1n) is 15.0. The van der Waals surface area contributed by atoms with Crippen LogP contribution in [0.5, 0.6) is 0 Å². The van der Waals surface area contributed by atoms with Crippen LogP contribution in [0, 0.1) is 20.2 Å². The summed E-state index contributed by atoms with van der Waals surface area (Å²) in [5.41, 5.74) is 6.93. The third-order valence-corrected chi connectivity index (χ3v) is 7.78. The van der Waals surface area contributed by atoms with E-state index in [4.69, 9.17) is 35.4 Å². The first-order valence-corrected chi connectivity index (χ1v) is 15.8. The lowest BCUT2D eigenvalue weighted by Crippen LogP contribution is -2.76. The van der Waals surface area contributed by atoms with E-state index in [9.17, 15) is 44.2 Å². The SMILES string of the molecule is CC(C)(ON=C(C(=O)NC1(COC(N)=O)CN(OCC(=O)OCc2ccc([N+](=O)[O-])cc2)C1=O)c1csc(N)n1)C(=O)OCc1ccc([N+](=O)[O-])cc1. The van der Waals surface area contributed by atoms with Crippen LogP contribution in [0.2, 0.25) is 0 Å². The minimum Gasteiger partial charge on any atom is -0.459 e. The molecule has 53 heavy (non-hydrogen) atoms. The number of β-lactam (4-membered cyclic amide) rings is 1. The number of esters is 2. The molecule has 3 aromatic rings. The predicted molar refractivity (Wildman–Crippen MR) is 178 cm³/mol. The number of carbonyl (C=O) groups is 5. The van der Waals surface area contributed by atoms with Crippen molar-refractivity contribution in [3.8, 4) is 0 Å². The number of rotatable bonds is 17. The van der Waals surface area contributed by atoms with Crippen molar-refractivity contribution in [1.82, 2.24) is 15.4 Å². The summed E-state index contributed by atoms with van der Waals surface area (Å²) >= 11 is 0.929. The van der Waals surface area contributed by atoms with Crippen LogP contribution in [0.3, 0.4) is 0 Å². The standard InChI is InChI=1S/C30H30N8O14S/c1-29(2,26(42)49-12-18-5-9-20(10-6-18)38(46)47)52-35-23(21-14-53-27(31)33-21)24(40)34-30(16-50-28(32)43)15-36(25(30)41)51-13-22(39)48-11-17-3-7-19(8-4-17)37(44)45/h3-10,14H,11-13,15-16H2,1-2H3,(H2,31,33)(H2,32,43)(H,34,40). The van der Waals surface area contributed by atoms with Gasteiger partial charge in [-0.25, -0.2) is 24.4 Å². The molecule has 22 nitrogen and oxygen atoms in total. The van der Waals surface area contributed by atoms with Crippen LogP contribution in [0.1, 0.15) is 30.7 Å². The summed E-state index contributed by atoms with van der Waals surface area (Å²) in [4.78, 5) is 98.6. The van der Waals surface area contributed by atoms with Gasteiger partial charge in [-0.15, -0.1) is 11.3 Å². The van der Waals surface area contributed by atoms with E-state index in [0.29, 0.717) is 16.2 Å². The maximum Gasteiger partial charge on any atom is 0.404 e. The molecule has 2 heterocycles. The highest BCUT2D eigenvalue weighted by atomic mass is 32.1. The second kappa shape index (κ2) is 16.5. The van der Waals surface area contributed by atoms with E-state index in [2.05, 4.69) is 15.5 Å². The number of nitrogens with two attached hydrogens (primary N) is 2. The van der Waals surface area contributed by atoms with Crippen molar-refractivity contribution in [1.29, 1.82) is 0 Å². The molecule has 0 spiro atoms. The molecule has 5 N–H and O–H groups in total. The third-order valence-electron chi connectivity index (χ3n) is 7.10. The number of benzene rings is 2. The van der Waals surface area contributed by atoms with Gasteiger partial charge in [-0.1, -0.05) is 5.16 Å². The van der Waals surface area contributed by atoms with Crippen molar-refractivity contribution < 1.29 is 57.7 Å². The summed E-state index contributed by atoms with van der Waals surface area (Å²) in [5.74, 6) is -3.92. The smallest absolute Gasteiger partial charge is 0.404 e. The zero-order valence-corrected chi connectivity index (χ0v) is 28.6. The van der Waals surface area contributed by atoms with Gasteiger partial charge in [-0.2, -0.15) is 0 Å². The van der Waals surface area contributed by atoms with E-state index in [1.54, 1.807) is 0 Å². The van der Waals surface area contributed by atoms with Crippen molar-refractivity contribution in [2.45, 2.75) is 38.2 Å². The van der Waals surface area contributed by atoms with Gasteiger partial charge in [-0.05, 0) is 49.2 Å². The molecule has 0 aliphatic carbocycles. The number of primary amides is 1. The number of thiazole rings is 1. The van der Waals surface area contributed by atoms with Gasteiger partial charge in [0.2, 0.25) is 5.60 Å². The average molecular weight is 759 g/mol. The molecular formula is C30H30N8O14S. The number of nitrogens with one attached hydrogen (secondary N) is 1. The predicted octanol–water partition coefficient (Wildman–Crippen LogP) is 1.25. The van der Waals surface area contributed by atoms with Crippen molar-refractivity contribution in [2.24, 2.45) is 10.9 Å². The van der Waals surface area contributed by atoms with Gasteiger partial charge in [0.15, 0.2) is 23.0 Å². The Kier molecular flexibility index (Phi) is 12.2. The normalized spacial score (nSPS) is 15.5. The average Bonchev–Trinajstić information content (AvgIpc) is 3.55. The van der Waals surface area contributed by atoms with Crippen LogP contribution >= 0.6 is 11.3 Å². The Bertz CT molecular complexity index is 1930. The Balaban J connectivity index is 1.41. The van der Waals surface area contributed by atoms with Gasteiger partial charge >= 0.3 is 18.0 Å². The minimum absolute atomic E-state index is 0.0220. The highest BCUT2D eigenvalue weighted by molar-refractivity contribution is 7.13. The largest absolute Gasteiger partial charge is 0.459 e. The van der Waals surface area contributed by atoms with Gasteiger partial charge in [-0.3, -0.25) is 34.7 Å². The van der Waals surface area contributed by atoms with Crippen LogP contribution in [0.4, 0.5) is 21.3 Å². The number of hydrogen-bond acceptors (Lipinski definition) is 18. The fourth-order valence-electron chi connectivity index (χ4n) is 4.23. The van der Waals surface area contributed by atoms with Gasteiger partial charge in [0, 0.05) is 29.6 Å². The van der Waals surface area contributed by atoms with Crippen molar-refractivity contribution in [3.63, 3.8) is 0 Å². The number of anilines is 1. The summed E-state index contributed by atoms with van der Waals surface area (Å²) in [7, 11) is 0. The number of nitro benzene ring substituents is 2. The molecule has 1 aromatic heterocycles. The Morgan fingerprint density at radius 1 is 0.981 bits per heavy atom. The molecular weight excluding hydrogens is 728 g/mol. The van der Waals surface area contributed by atoms with Crippen LogP contribution in [-0.4, -0.2) is 86.4 Å². The van der Waals surface area contributed by atoms with E-state index < -0.39 is 76.3 Å². The summed E-state index contributed by atoms with van der Waals surface area (Å²) in [6.07, 6.45) is -1.28. The number of nitrogen functional groups attached to an aromatic ring is 1. The molecule has 1 unspecified atom stereocenters. The Hall–Kier alpha value is -6.75. The number of oxime groups is 1. The number of ether oxygens (including phenoxy) is 3. The highest BCUT2D eigenvalue weighted by Crippen LogP contribution is 2.26. The highest BCUT2D eigenvalue weighted by Gasteiger charge is 2.56. The molecule has 0 radical (unpaired) electrons. The van der Waals surface area contributed by atoms with Crippen LogP contribution in [0.25, 0.3) is 0 Å². The molecule has 0 saturated carbocycles. The second-order valence-electron chi connectivity index (χ2n) is 11.5. The maximum atomic E-state index is 13.6. The van der Waals surface area contributed by atoms with Crippen LogP contribution in [0.15, 0.2) is 59.1 Å². The fourth-order valence-corrected chi connectivity index (χ4v) is 4.78. The number of nitrogens with zero attached hydrogens (tertiary/aromatic N) is 5. The lowest BCUT2D eigenvalue weighted by molar-refractivity contribution is -0.385. The summed E-state index contributed by atoms with van der Waals surface area (Å²) in [5, 5.41) is 29.9. The monoisotopic (exact) mass is 758 g/mol. The van der Waals surface area contributed by atoms with E-state index >= 15 is 0 Å². The van der Waals surface area contributed by atoms with E-state index in [1.807, 2.05) is 0 Å². The van der Waals surface area contributed by atoms with Crippen LogP contribution in [-0.2, 0) is 56.3 Å². The topological polar surface area (TPSA) is 310 Å². The van der Waals surface area contributed by atoms with Gasteiger partial charge in [0.25, 0.3) is 23.2 Å². The Labute approximate surface area is 301 Å². The van der Waals surface area contributed by atoms with Gasteiger partial charge < -0.3 is 35.8 Å². The van der Waals surface area contributed by atoms with Crippen molar-refractivity contribution >= 4 is 63.4 Å². The molecule has 0 bridgehead atoms. The number of hydroxylamine groups is 2. The number of non-ortho nitro benzene ring substituents is 2. The quantitative estimate of drug-likeness (QED) is 0.0435. The molecule has 23 heteroatoms. The second-order valence-corrected chi connectivity index (χ2v) is 12.3. The van der Waals surface area contributed by atoms with Crippen molar-refractivity contribution in [2.75, 3.05) is 25.5 Å². The molecule has 1 aliphatic rings. The van der Waals surface area contributed by atoms with Crippen LogP contribution < -0.4 is 16.8 Å². The minimum atomic E-state index is -1.98. The molecule has 1 fully saturated rings. The first kappa shape index (κ1) is 39.0. The number of hydrogen-bond donors (Lipinski definition) is 3. The number of amides is 3. The zero-order valence-electron chi connectivity index (χ0n) is 27.7. The van der Waals surface area contributed by atoms with E-state index in [0.717, 1.165) is 11.3 Å². The lowest BCUT2D eigenvalue weighted by Gasteiger charge is -2.46. The molecule has 280 valence electrons. The van der Waals surface area contributed by atoms with E-state index in [1.165, 1.54) is 67.8 Å². The van der Waals surface area contributed by atoms with E-state index in [-0.39, 0.29) is 35.4 Å². The lowest BCUT2D eigenvalue weighted by atomic mass is 9.91. The third kappa shape index (κ3) is 10.2. The summed E-state index contributed by atoms with van der Waals surface area (Å²) in [6, 6.07) is 10.5. The molecule has 2 aromatic carbocycles. The zero-order chi connectivity index (χ0) is 38.9. The Morgan fingerprint density at radius 2 is 1.55 bits per heavy atom. The van der Waals surface area contributed by atoms with Gasteiger partial charge in [0.05, 0.1) is 16.4 Å². The number of aromatic nitrogens is 1. The van der Waals surface area contributed by atoms with Gasteiger partial charge in [0.1, 0.15) is 25.5 Å². The molecule has 1 atom stereocenters. The molecule has 1 aliphatic heterocycles. The summed E-state index contributed by atoms with van der Waals surface area (Å²) in [6.45, 7) is 0.0454. The Morgan fingerprint density at radius 3 is 2.04 bits per heavy atom. The fraction of sp³-hybridized carbons (Fsp3) is 0.300. The number of nitro groups is 2. The van der Waals surface area contributed by atoms with Crippen molar-refractivity contribution in [3.05, 3.63) is 91.0 Å². The first-order chi connectivity index (χ1) is 25.0. The molecule has 3 amide bonds. The molecule has 1 saturated heterocycles. The number of carbonyl (C=O) groups excluding carboxylic acids is 5. The summed E-state index contributed by atoms with van der Waals surface area (Å²) < 4.78 is 15.1. The maximum absolute atomic E-state index is 13.6. The molecule has 4 rings (SSSR count).